The van der Waals surface area contributed by atoms with Crippen molar-refractivity contribution in [1.29, 1.82) is 0 Å². The molecule has 16 heavy (non-hydrogen) atoms. The number of aromatic nitrogens is 1. The lowest BCUT2D eigenvalue weighted by atomic mass is 10.2. The van der Waals surface area contributed by atoms with Crippen LogP contribution in [0.2, 0.25) is 0 Å². The summed E-state index contributed by atoms with van der Waals surface area (Å²) in [4.78, 5) is 4.10. The molecule has 1 aromatic heterocycles. The first-order chi connectivity index (χ1) is 7.86. The minimum atomic E-state index is 0.661. The summed E-state index contributed by atoms with van der Waals surface area (Å²) in [5.74, 6) is 0.790. The van der Waals surface area contributed by atoms with Gasteiger partial charge in [0.05, 0.1) is 6.61 Å². The topological polar surface area (TPSA) is 22.1 Å². The van der Waals surface area contributed by atoms with Crippen molar-refractivity contribution in [2.24, 2.45) is 0 Å². The Morgan fingerprint density at radius 2 is 1.88 bits per heavy atom. The summed E-state index contributed by atoms with van der Waals surface area (Å²) >= 11 is 3.35. The smallest absolute Gasteiger partial charge is 0.152 e. The molecule has 0 fully saturated rings. The van der Waals surface area contributed by atoms with Gasteiger partial charge in [0, 0.05) is 12.6 Å². The maximum Gasteiger partial charge on any atom is 0.152 e. The van der Waals surface area contributed by atoms with Gasteiger partial charge in [-0.3, -0.25) is 0 Å². The number of hydrogen-bond acceptors (Lipinski definition) is 2. The van der Waals surface area contributed by atoms with Crippen LogP contribution in [0.15, 0.2) is 53.3 Å². The maximum atomic E-state index is 5.63. The fraction of sp³-hybridized carbons (Fsp3) is 0.154. The Kier molecular flexibility index (Phi) is 3.94. The van der Waals surface area contributed by atoms with Gasteiger partial charge in [-0.1, -0.05) is 30.3 Å². The van der Waals surface area contributed by atoms with Crippen molar-refractivity contribution in [3.8, 4) is 5.75 Å². The molecular formula is C13H12BrNO. The van der Waals surface area contributed by atoms with Crippen LogP contribution in [0.3, 0.4) is 0 Å². The molecule has 2 rings (SSSR count). The van der Waals surface area contributed by atoms with Crippen LogP contribution in [0.5, 0.6) is 5.75 Å². The number of halogens is 1. The molecule has 2 aromatic rings. The number of ether oxygens (including phenoxy) is 1. The third-order valence-electron chi connectivity index (χ3n) is 2.22. The number of rotatable bonds is 4. The normalized spacial score (nSPS) is 10.1. The van der Waals surface area contributed by atoms with E-state index in [1.54, 1.807) is 6.20 Å². The Balaban J connectivity index is 1.87. The molecule has 0 spiro atoms. The van der Waals surface area contributed by atoms with E-state index in [1.807, 2.05) is 30.3 Å². The number of pyridine rings is 1. The quantitative estimate of drug-likeness (QED) is 0.799. The fourth-order valence-electron chi connectivity index (χ4n) is 1.40. The van der Waals surface area contributed by atoms with Gasteiger partial charge in [0.15, 0.2) is 5.75 Å². The van der Waals surface area contributed by atoms with Crippen molar-refractivity contribution in [2.45, 2.75) is 6.42 Å². The molecule has 0 atom stereocenters. The van der Waals surface area contributed by atoms with Crippen LogP contribution in [-0.4, -0.2) is 11.6 Å². The van der Waals surface area contributed by atoms with Crippen molar-refractivity contribution in [3.63, 3.8) is 0 Å². The van der Waals surface area contributed by atoms with E-state index in [4.69, 9.17) is 4.74 Å². The van der Waals surface area contributed by atoms with Gasteiger partial charge in [0.1, 0.15) is 4.60 Å². The summed E-state index contributed by atoms with van der Waals surface area (Å²) in [5, 5.41) is 0. The SMILES string of the molecule is Brc1ncccc1OCCc1ccccc1. The van der Waals surface area contributed by atoms with Gasteiger partial charge < -0.3 is 4.74 Å². The highest BCUT2D eigenvalue weighted by Crippen LogP contribution is 2.21. The number of benzene rings is 1. The van der Waals surface area contributed by atoms with Crippen LogP contribution in [0.25, 0.3) is 0 Å². The third-order valence-corrected chi connectivity index (χ3v) is 2.81. The molecule has 0 aliphatic heterocycles. The largest absolute Gasteiger partial charge is 0.490 e. The fourth-order valence-corrected chi connectivity index (χ4v) is 1.77. The molecule has 0 aliphatic rings. The summed E-state index contributed by atoms with van der Waals surface area (Å²) in [6, 6.07) is 14.1. The second-order valence-electron chi connectivity index (χ2n) is 3.38. The van der Waals surface area contributed by atoms with Crippen molar-refractivity contribution in [1.82, 2.24) is 4.98 Å². The minimum Gasteiger partial charge on any atom is -0.490 e. The van der Waals surface area contributed by atoms with E-state index in [0.717, 1.165) is 16.8 Å². The Morgan fingerprint density at radius 1 is 1.06 bits per heavy atom. The lowest BCUT2D eigenvalue weighted by molar-refractivity contribution is 0.318. The minimum absolute atomic E-state index is 0.661. The van der Waals surface area contributed by atoms with Crippen LogP contribution >= 0.6 is 15.9 Å². The second-order valence-corrected chi connectivity index (χ2v) is 4.13. The zero-order valence-electron chi connectivity index (χ0n) is 8.77. The van der Waals surface area contributed by atoms with Gasteiger partial charge in [-0.25, -0.2) is 4.98 Å². The molecule has 0 aliphatic carbocycles. The van der Waals surface area contributed by atoms with Gasteiger partial charge in [-0.15, -0.1) is 0 Å². The molecule has 0 saturated carbocycles. The van der Waals surface area contributed by atoms with E-state index >= 15 is 0 Å². The highest BCUT2D eigenvalue weighted by atomic mass is 79.9. The van der Waals surface area contributed by atoms with Crippen LogP contribution < -0.4 is 4.74 Å². The molecular weight excluding hydrogens is 266 g/mol. The average molecular weight is 278 g/mol. The van der Waals surface area contributed by atoms with Gasteiger partial charge >= 0.3 is 0 Å². The molecule has 0 bridgehead atoms. The molecule has 1 heterocycles. The first-order valence-corrected chi connectivity index (χ1v) is 5.93. The predicted octanol–water partition coefficient (Wildman–Crippen LogP) is 3.47. The highest BCUT2D eigenvalue weighted by Gasteiger charge is 2.00. The van der Waals surface area contributed by atoms with Gasteiger partial charge in [0.2, 0.25) is 0 Å². The van der Waals surface area contributed by atoms with Crippen molar-refractivity contribution in [2.75, 3.05) is 6.61 Å². The Morgan fingerprint density at radius 3 is 2.62 bits per heavy atom. The van der Waals surface area contributed by atoms with Gasteiger partial charge in [-0.05, 0) is 33.6 Å². The van der Waals surface area contributed by atoms with Gasteiger partial charge in [0.25, 0.3) is 0 Å². The first-order valence-electron chi connectivity index (χ1n) is 5.13. The summed E-state index contributed by atoms with van der Waals surface area (Å²) in [6.45, 7) is 0.661. The molecule has 0 unspecified atom stereocenters. The molecule has 3 heteroatoms. The van der Waals surface area contributed by atoms with Crippen LogP contribution in [0, 0.1) is 0 Å². The van der Waals surface area contributed by atoms with Crippen molar-refractivity contribution >= 4 is 15.9 Å². The summed E-state index contributed by atoms with van der Waals surface area (Å²) in [5.41, 5.74) is 1.28. The maximum absolute atomic E-state index is 5.63. The van der Waals surface area contributed by atoms with E-state index < -0.39 is 0 Å². The van der Waals surface area contributed by atoms with Crippen LogP contribution in [0.4, 0.5) is 0 Å². The van der Waals surface area contributed by atoms with Crippen LogP contribution in [-0.2, 0) is 6.42 Å². The van der Waals surface area contributed by atoms with Crippen molar-refractivity contribution < 1.29 is 4.74 Å². The zero-order valence-corrected chi connectivity index (χ0v) is 10.4. The standard InChI is InChI=1S/C13H12BrNO/c14-13-12(7-4-9-15-13)16-10-8-11-5-2-1-3-6-11/h1-7,9H,8,10H2. The van der Waals surface area contributed by atoms with Crippen LogP contribution in [0.1, 0.15) is 5.56 Å². The predicted molar refractivity (Wildman–Crippen MR) is 67.6 cm³/mol. The summed E-state index contributed by atoms with van der Waals surface area (Å²) in [6.07, 6.45) is 2.64. The molecule has 2 nitrogen and oxygen atoms in total. The van der Waals surface area contributed by atoms with E-state index in [2.05, 4.69) is 33.0 Å². The Bertz CT molecular complexity index is 445. The molecule has 0 radical (unpaired) electrons. The second kappa shape index (κ2) is 5.66. The lowest BCUT2D eigenvalue weighted by Crippen LogP contribution is -2.01. The third kappa shape index (κ3) is 3.07. The van der Waals surface area contributed by atoms with E-state index in [9.17, 15) is 0 Å². The number of nitrogens with zero attached hydrogens (tertiary/aromatic N) is 1. The summed E-state index contributed by atoms with van der Waals surface area (Å²) in [7, 11) is 0. The summed E-state index contributed by atoms with van der Waals surface area (Å²) < 4.78 is 6.38. The molecule has 0 saturated heterocycles. The van der Waals surface area contributed by atoms with E-state index in [-0.39, 0.29) is 0 Å². The van der Waals surface area contributed by atoms with E-state index in [1.165, 1.54) is 5.56 Å². The highest BCUT2D eigenvalue weighted by molar-refractivity contribution is 9.10. The molecule has 0 amide bonds. The monoisotopic (exact) mass is 277 g/mol. The van der Waals surface area contributed by atoms with E-state index in [0.29, 0.717) is 6.61 Å². The van der Waals surface area contributed by atoms with Gasteiger partial charge in [-0.2, -0.15) is 0 Å². The van der Waals surface area contributed by atoms with Crippen molar-refractivity contribution in [3.05, 3.63) is 58.8 Å². The Hall–Kier alpha value is -1.35. The lowest BCUT2D eigenvalue weighted by Gasteiger charge is -2.06. The zero-order chi connectivity index (χ0) is 11.2. The average Bonchev–Trinajstić information content (AvgIpc) is 2.33. The Labute approximate surface area is 103 Å². The number of hydrogen-bond donors (Lipinski definition) is 0. The molecule has 0 N–H and O–H groups in total. The molecule has 82 valence electrons. The first kappa shape index (κ1) is 11.1. The molecule has 1 aromatic carbocycles.